The average Bonchev–Trinajstić information content (AvgIpc) is 2.58. The second kappa shape index (κ2) is 4.64. The molecule has 1 N–H and O–H groups in total. The molecule has 0 bridgehead atoms. The number of nitrogens with zero attached hydrogens (tertiary/aromatic N) is 3. The van der Waals surface area contributed by atoms with Gasteiger partial charge in [0.05, 0.1) is 6.61 Å². The van der Waals surface area contributed by atoms with E-state index in [0.29, 0.717) is 12.3 Å². The van der Waals surface area contributed by atoms with E-state index < -0.39 is 24.2 Å². The number of rotatable bonds is 4. The van der Waals surface area contributed by atoms with E-state index in [0.717, 1.165) is 23.9 Å². The van der Waals surface area contributed by atoms with Gasteiger partial charge in [0.25, 0.3) is 0 Å². The fraction of sp³-hybridized carbons (Fsp3) is 0.800. The molecule has 1 aliphatic rings. The minimum absolute atomic E-state index is 0.215. The van der Waals surface area contributed by atoms with E-state index >= 15 is 0 Å². The Balaban J connectivity index is 2.12. The Hall–Kier alpha value is -1.11. The van der Waals surface area contributed by atoms with Crippen molar-refractivity contribution >= 4 is 0 Å². The van der Waals surface area contributed by atoms with Gasteiger partial charge in [-0.25, -0.2) is 4.68 Å². The lowest BCUT2D eigenvalue weighted by molar-refractivity contribution is -0.145. The van der Waals surface area contributed by atoms with Gasteiger partial charge in [0.1, 0.15) is 5.69 Å². The van der Waals surface area contributed by atoms with Gasteiger partial charge in [-0.15, -0.1) is 5.10 Å². The first-order valence-electron chi connectivity index (χ1n) is 5.62. The van der Waals surface area contributed by atoms with Crippen molar-refractivity contribution in [3.63, 3.8) is 0 Å². The van der Waals surface area contributed by atoms with Crippen molar-refractivity contribution in [3.8, 4) is 0 Å². The predicted octanol–water partition coefficient (Wildman–Crippen LogP) is 1.98. The Morgan fingerprint density at radius 2 is 2.06 bits per heavy atom. The first-order valence-corrected chi connectivity index (χ1v) is 5.62. The number of hydrogen-bond donors (Lipinski definition) is 1. The lowest BCUT2D eigenvalue weighted by Crippen LogP contribution is -2.20. The molecule has 96 valence electrons. The Morgan fingerprint density at radius 1 is 1.35 bits per heavy atom. The van der Waals surface area contributed by atoms with Crippen LogP contribution in [0.2, 0.25) is 0 Å². The second-order valence-corrected chi connectivity index (χ2v) is 4.35. The number of aryl methyl sites for hydroxylation is 1. The number of aromatic nitrogens is 3. The highest BCUT2D eigenvalue weighted by Crippen LogP contribution is 2.33. The molecule has 1 aromatic heterocycles. The number of alkyl halides is 3. The van der Waals surface area contributed by atoms with Crippen molar-refractivity contribution in [2.24, 2.45) is 5.92 Å². The fourth-order valence-electron chi connectivity index (χ4n) is 2.01. The molecule has 1 fully saturated rings. The summed E-state index contributed by atoms with van der Waals surface area (Å²) in [6.07, 6.45) is -0.486. The highest BCUT2D eigenvalue weighted by Gasteiger charge is 2.39. The standard InChI is InChI=1S/C10H14F3N3O/c11-10(12,13)9-8(6-17)14-15-16(9)5-4-7-2-1-3-7/h7,17H,1-6H2. The molecular formula is C10H14F3N3O. The molecule has 0 atom stereocenters. The molecule has 4 nitrogen and oxygen atoms in total. The van der Waals surface area contributed by atoms with Gasteiger partial charge in [0, 0.05) is 6.54 Å². The number of aliphatic hydroxyl groups is 1. The van der Waals surface area contributed by atoms with Crippen LogP contribution >= 0.6 is 0 Å². The topological polar surface area (TPSA) is 50.9 Å². The summed E-state index contributed by atoms with van der Waals surface area (Å²) in [5.41, 5.74) is -1.31. The number of aliphatic hydroxyl groups excluding tert-OH is 1. The normalized spacial score (nSPS) is 17.2. The predicted molar refractivity (Wildman–Crippen MR) is 52.9 cm³/mol. The zero-order valence-corrected chi connectivity index (χ0v) is 9.24. The maximum atomic E-state index is 12.7. The van der Waals surface area contributed by atoms with Crippen LogP contribution in [0.3, 0.4) is 0 Å². The van der Waals surface area contributed by atoms with Crippen LogP contribution in [-0.2, 0) is 19.3 Å². The monoisotopic (exact) mass is 249 g/mol. The molecule has 0 spiro atoms. The molecule has 1 aliphatic carbocycles. The van der Waals surface area contributed by atoms with Gasteiger partial charge in [-0.1, -0.05) is 24.5 Å². The van der Waals surface area contributed by atoms with Crippen molar-refractivity contribution in [1.82, 2.24) is 15.0 Å². The molecule has 2 rings (SSSR count). The zero-order valence-electron chi connectivity index (χ0n) is 9.24. The first-order chi connectivity index (χ1) is 8.02. The Labute approximate surface area is 96.4 Å². The fourth-order valence-corrected chi connectivity index (χ4v) is 2.01. The maximum Gasteiger partial charge on any atom is 0.435 e. The minimum atomic E-state index is -4.51. The summed E-state index contributed by atoms with van der Waals surface area (Å²) < 4.78 is 39.1. The van der Waals surface area contributed by atoms with Crippen molar-refractivity contribution < 1.29 is 18.3 Å². The van der Waals surface area contributed by atoms with Gasteiger partial charge in [-0.05, 0) is 12.3 Å². The number of halogens is 3. The summed E-state index contributed by atoms with van der Waals surface area (Å²) in [5, 5.41) is 15.7. The first kappa shape index (κ1) is 12.3. The highest BCUT2D eigenvalue weighted by atomic mass is 19.4. The lowest BCUT2D eigenvalue weighted by atomic mass is 9.83. The number of hydrogen-bond acceptors (Lipinski definition) is 3. The molecule has 0 radical (unpaired) electrons. The van der Waals surface area contributed by atoms with E-state index in [2.05, 4.69) is 10.3 Å². The van der Waals surface area contributed by atoms with Crippen LogP contribution < -0.4 is 0 Å². The molecule has 1 saturated carbocycles. The zero-order chi connectivity index (χ0) is 12.5. The van der Waals surface area contributed by atoms with E-state index in [1.807, 2.05) is 0 Å². The van der Waals surface area contributed by atoms with Crippen LogP contribution in [-0.4, -0.2) is 20.1 Å². The molecule has 1 heterocycles. The minimum Gasteiger partial charge on any atom is -0.390 e. The van der Waals surface area contributed by atoms with E-state index in [-0.39, 0.29) is 6.54 Å². The Morgan fingerprint density at radius 3 is 2.53 bits per heavy atom. The van der Waals surface area contributed by atoms with Crippen LogP contribution in [0.25, 0.3) is 0 Å². The van der Waals surface area contributed by atoms with Crippen LogP contribution in [0, 0.1) is 5.92 Å². The van der Waals surface area contributed by atoms with E-state index in [4.69, 9.17) is 5.11 Å². The highest BCUT2D eigenvalue weighted by molar-refractivity contribution is 5.13. The molecule has 0 aromatic carbocycles. The largest absolute Gasteiger partial charge is 0.435 e. The van der Waals surface area contributed by atoms with Crippen LogP contribution in [0.15, 0.2) is 0 Å². The Bertz CT molecular complexity index is 385. The van der Waals surface area contributed by atoms with Crippen molar-refractivity contribution in [3.05, 3.63) is 11.4 Å². The third kappa shape index (κ3) is 2.59. The third-order valence-electron chi connectivity index (χ3n) is 3.20. The second-order valence-electron chi connectivity index (χ2n) is 4.35. The van der Waals surface area contributed by atoms with Gasteiger partial charge in [-0.3, -0.25) is 0 Å². The van der Waals surface area contributed by atoms with Gasteiger partial charge in [0.15, 0.2) is 5.69 Å². The summed E-state index contributed by atoms with van der Waals surface area (Å²) in [7, 11) is 0. The Kier molecular flexibility index (Phi) is 3.37. The van der Waals surface area contributed by atoms with E-state index in [9.17, 15) is 13.2 Å². The SMILES string of the molecule is OCc1nnn(CCC2CCC2)c1C(F)(F)F. The molecule has 0 saturated heterocycles. The molecule has 17 heavy (non-hydrogen) atoms. The summed E-state index contributed by atoms with van der Waals surface area (Å²) in [5.74, 6) is 0.512. The summed E-state index contributed by atoms with van der Waals surface area (Å²) in [6, 6.07) is 0. The summed E-state index contributed by atoms with van der Waals surface area (Å²) in [6.45, 7) is -0.523. The lowest BCUT2D eigenvalue weighted by Gasteiger charge is -2.25. The van der Waals surface area contributed by atoms with E-state index in [1.54, 1.807) is 0 Å². The summed E-state index contributed by atoms with van der Waals surface area (Å²) in [4.78, 5) is 0. The molecule has 7 heteroatoms. The molecule has 0 amide bonds. The molecule has 0 aliphatic heterocycles. The van der Waals surface area contributed by atoms with Crippen LogP contribution in [0.4, 0.5) is 13.2 Å². The van der Waals surface area contributed by atoms with Gasteiger partial charge < -0.3 is 5.11 Å². The van der Waals surface area contributed by atoms with Gasteiger partial charge in [0.2, 0.25) is 0 Å². The molecule has 1 aromatic rings. The quantitative estimate of drug-likeness (QED) is 0.887. The van der Waals surface area contributed by atoms with Crippen LogP contribution in [0.1, 0.15) is 37.1 Å². The van der Waals surface area contributed by atoms with Gasteiger partial charge >= 0.3 is 6.18 Å². The molecule has 0 unspecified atom stereocenters. The van der Waals surface area contributed by atoms with Crippen molar-refractivity contribution in [2.45, 2.75) is 45.0 Å². The maximum absolute atomic E-state index is 12.7. The van der Waals surface area contributed by atoms with Crippen molar-refractivity contribution in [2.75, 3.05) is 0 Å². The van der Waals surface area contributed by atoms with Crippen molar-refractivity contribution in [1.29, 1.82) is 0 Å². The van der Waals surface area contributed by atoms with E-state index in [1.165, 1.54) is 0 Å². The summed E-state index contributed by atoms with van der Waals surface area (Å²) >= 11 is 0. The van der Waals surface area contributed by atoms with Gasteiger partial charge in [-0.2, -0.15) is 13.2 Å². The average molecular weight is 249 g/mol. The smallest absolute Gasteiger partial charge is 0.390 e. The van der Waals surface area contributed by atoms with Crippen LogP contribution in [0.5, 0.6) is 0 Å². The molecular weight excluding hydrogens is 235 g/mol. The third-order valence-corrected chi connectivity index (χ3v) is 3.20.